The third-order valence-corrected chi connectivity index (χ3v) is 4.24. The SMILES string of the molecule is Cc1cc(Cl)ccc1Nc1ncnc(Nc2ccc(Br)cc2F)c1N. The van der Waals surface area contributed by atoms with Crippen LogP contribution in [0.1, 0.15) is 5.56 Å². The fourth-order valence-electron chi connectivity index (χ4n) is 2.21. The molecule has 5 nitrogen and oxygen atoms in total. The molecular formula is C17H14BrClFN5. The van der Waals surface area contributed by atoms with Crippen molar-refractivity contribution in [1.29, 1.82) is 0 Å². The lowest BCUT2D eigenvalue weighted by Gasteiger charge is -2.14. The maximum Gasteiger partial charge on any atom is 0.159 e. The second-order valence-corrected chi connectivity index (χ2v) is 6.67. The van der Waals surface area contributed by atoms with E-state index in [1.54, 1.807) is 18.2 Å². The Kier molecular flexibility index (Phi) is 5.06. The summed E-state index contributed by atoms with van der Waals surface area (Å²) < 4.78 is 14.6. The van der Waals surface area contributed by atoms with Crippen molar-refractivity contribution >= 4 is 56.2 Å². The molecule has 8 heteroatoms. The Hall–Kier alpha value is -2.38. The summed E-state index contributed by atoms with van der Waals surface area (Å²) >= 11 is 9.18. The molecule has 0 radical (unpaired) electrons. The largest absolute Gasteiger partial charge is 0.393 e. The summed E-state index contributed by atoms with van der Waals surface area (Å²) in [6.07, 6.45) is 1.35. The molecule has 0 aliphatic rings. The number of nitrogens with zero attached hydrogens (tertiary/aromatic N) is 2. The summed E-state index contributed by atoms with van der Waals surface area (Å²) in [6, 6.07) is 10.1. The number of aromatic nitrogens is 2. The maximum absolute atomic E-state index is 14.0. The summed E-state index contributed by atoms with van der Waals surface area (Å²) in [7, 11) is 0. The predicted octanol–water partition coefficient (Wildman–Crippen LogP) is 5.41. The monoisotopic (exact) mass is 421 g/mol. The highest BCUT2D eigenvalue weighted by Crippen LogP contribution is 2.31. The van der Waals surface area contributed by atoms with Gasteiger partial charge in [0.2, 0.25) is 0 Å². The smallest absolute Gasteiger partial charge is 0.159 e. The van der Waals surface area contributed by atoms with Gasteiger partial charge in [0, 0.05) is 15.2 Å². The molecule has 0 amide bonds. The molecule has 3 aromatic rings. The maximum atomic E-state index is 14.0. The molecule has 0 aliphatic heterocycles. The minimum atomic E-state index is -0.421. The van der Waals surface area contributed by atoms with Gasteiger partial charge in [-0.2, -0.15) is 0 Å². The third kappa shape index (κ3) is 4.00. The number of hydrogen-bond donors (Lipinski definition) is 3. The molecule has 0 unspecified atom stereocenters. The minimum Gasteiger partial charge on any atom is -0.393 e. The Morgan fingerprint density at radius 1 is 1.04 bits per heavy atom. The van der Waals surface area contributed by atoms with Crippen LogP contribution in [0.2, 0.25) is 5.02 Å². The number of rotatable bonds is 4. The van der Waals surface area contributed by atoms with Gasteiger partial charge in [-0.1, -0.05) is 27.5 Å². The van der Waals surface area contributed by atoms with E-state index >= 15 is 0 Å². The van der Waals surface area contributed by atoms with Gasteiger partial charge in [-0.15, -0.1) is 0 Å². The number of hydrogen-bond acceptors (Lipinski definition) is 5. The van der Waals surface area contributed by atoms with Gasteiger partial charge < -0.3 is 16.4 Å². The average molecular weight is 423 g/mol. The summed E-state index contributed by atoms with van der Waals surface area (Å²) in [5.74, 6) is 0.307. The summed E-state index contributed by atoms with van der Waals surface area (Å²) in [6.45, 7) is 1.92. The zero-order chi connectivity index (χ0) is 18.0. The second kappa shape index (κ2) is 7.25. The van der Waals surface area contributed by atoms with Gasteiger partial charge in [0.15, 0.2) is 11.6 Å². The Bertz CT molecular complexity index is 863. The molecule has 2 aromatic carbocycles. The van der Waals surface area contributed by atoms with Gasteiger partial charge in [0.25, 0.3) is 0 Å². The van der Waals surface area contributed by atoms with Gasteiger partial charge in [-0.05, 0) is 48.9 Å². The van der Waals surface area contributed by atoms with Crippen LogP contribution in [-0.4, -0.2) is 9.97 Å². The van der Waals surface area contributed by atoms with Crippen LogP contribution in [0.5, 0.6) is 0 Å². The molecule has 1 heterocycles. The topological polar surface area (TPSA) is 75.9 Å². The fourth-order valence-corrected chi connectivity index (χ4v) is 2.77. The van der Waals surface area contributed by atoms with Crippen molar-refractivity contribution in [3.8, 4) is 0 Å². The van der Waals surface area contributed by atoms with Crippen LogP contribution in [0.15, 0.2) is 47.2 Å². The van der Waals surface area contributed by atoms with Crippen LogP contribution in [0, 0.1) is 12.7 Å². The highest BCUT2D eigenvalue weighted by atomic mass is 79.9. The zero-order valence-electron chi connectivity index (χ0n) is 13.1. The van der Waals surface area contributed by atoms with Crippen LogP contribution in [0.4, 0.5) is 33.1 Å². The number of benzene rings is 2. The van der Waals surface area contributed by atoms with Crippen molar-refractivity contribution in [3.63, 3.8) is 0 Å². The number of anilines is 5. The number of nitrogens with two attached hydrogens (primary N) is 1. The molecule has 128 valence electrons. The second-order valence-electron chi connectivity index (χ2n) is 5.32. The first kappa shape index (κ1) is 17.4. The lowest BCUT2D eigenvalue weighted by molar-refractivity contribution is 0.631. The van der Waals surface area contributed by atoms with Crippen molar-refractivity contribution in [3.05, 3.63) is 63.6 Å². The Morgan fingerprint density at radius 3 is 2.32 bits per heavy atom. The Balaban J connectivity index is 1.89. The van der Waals surface area contributed by atoms with E-state index in [4.69, 9.17) is 17.3 Å². The number of nitrogen functional groups attached to an aromatic ring is 1. The van der Waals surface area contributed by atoms with E-state index in [0.29, 0.717) is 21.1 Å². The van der Waals surface area contributed by atoms with Crippen LogP contribution in [-0.2, 0) is 0 Å². The van der Waals surface area contributed by atoms with Gasteiger partial charge in [-0.25, -0.2) is 14.4 Å². The third-order valence-electron chi connectivity index (χ3n) is 3.51. The molecule has 0 aliphatic carbocycles. The molecule has 25 heavy (non-hydrogen) atoms. The quantitative estimate of drug-likeness (QED) is 0.524. The Morgan fingerprint density at radius 2 is 1.68 bits per heavy atom. The van der Waals surface area contributed by atoms with Crippen LogP contribution in [0.3, 0.4) is 0 Å². The van der Waals surface area contributed by atoms with E-state index in [0.717, 1.165) is 11.3 Å². The van der Waals surface area contributed by atoms with Crippen molar-refractivity contribution < 1.29 is 4.39 Å². The number of halogens is 3. The zero-order valence-corrected chi connectivity index (χ0v) is 15.5. The van der Waals surface area contributed by atoms with Crippen LogP contribution >= 0.6 is 27.5 Å². The molecule has 0 saturated heterocycles. The fraction of sp³-hybridized carbons (Fsp3) is 0.0588. The van der Waals surface area contributed by atoms with Gasteiger partial charge in [-0.3, -0.25) is 0 Å². The molecule has 1 aromatic heterocycles. The van der Waals surface area contributed by atoms with E-state index in [9.17, 15) is 4.39 Å². The lowest BCUT2D eigenvalue weighted by Crippen LogP contribution is -2.06. The number of aryl methyl sites for hydroxylation is 1. The van der Waals surface area contributed by atoms with Crippen LogP contribution in [0.25, 0.3) is 0 Å². The average Bonchev–Trinajstić information content (AvgIpc) is 2.56. The predicted molar refractivity (Wildman–Crippen MR) is 103 cm³/mol. The first-order chi connectivity index (χ1) is 11.9. The summed E-state index contributed by atoms with van der Waals surface area (Å²) in [5, 5.41) is 6.67. The van der Waals surface area contributed by atoms with E-state index < -0.39 is 5.82 Å². The summed E-state index contributed by atoms with van der Waals surface area (Å²) in [4.78, 5) is 8.24. The molecule has 0 bridgehead atoms. The highest BCUT2D eigenvalue weighted by molar-refractivity contribution is 9.10. The minimum absolute atomic E-state index is 0.266. The molecule has 4 N–H and O–H groups in total. The molecule has 0 saturated carbocycles. The highest BCUT2D eigenvalue weighted by Gasteiger charge is 2.12. The first-order valence-corrected chi connectivity index (χ1v) is 8.47. The molecule has 0 spiro atoms. The molecular weight excluding hydrogens is 409 g/mol. The number of nitrogens with one attached hydrogen (secondary N) is 2. The van der Waals surface area contributed by atoms with E-state index in [2.05, 4.69) is 36.5 Å². The normalized spacial score (nSPS) is 10.6. The van der Waals surface area contributed by atoms with Gasteiger partial charge in [0.1, 0.15) is 17.8 Å². The first-order valence-electron chi connectivity index (χ1n) is 7.30. The van der Waals surface area contributed by atoms with E-state index in [1.807, 2.05) is 19.1 Å². The summed E-state index contributed by atoms with van der Waals surface area (Å²) in [5.41, 5.74) is 8.43. The lowest BCUT2D eigenvalue weighted by atomic mass is 10.2. The Labute approximate surface area is 157 Å². The van der Waals surface area contributed by atoms with Crippen molar-refractivity contribution in [2.45, 2.75) is 6.92 Å². The van der Waals surface area contributed by atoms with E-state index in [1.165, 1.54) is 12.4 Å². The van der Waals surface area contributed by atoms with E-state index in [-0.39, 0.29) is 11.4 Å². The molecule has 0 atom stereocenters. The molecule has 3 rings (SSSR count). The van der Waals surface area contributed by atoms with Crippen molar-refractivity contribution in [1.82, 2.24) is 9.97 Å². The van der Waals surface area contributed by atoms with Crippen molar-refractivity contribution in [2.75, 3.05) is 16.4 Å². The molecule has 0 fully saturated rings. The van der Waals surface area contributed by atoms with Crippen LogP contribution < -0.4 is 16.4 Å². The van der Waals surface area contributed by atoms with Gasteiger partial charge >= 0.3 is 0 Å². The van der Waals surface area contributed by atoms with Crippen molar-refractivity contribution in [2.24, 2.45) is 0 Å². The van der Waals surface area contributed by atoms with Gasteiger partial charge in [0.05, 0.1) is 5.69 Å². The standard InChI is InChI=1S/C17H14BrClFN5/c1-9-6-11(19)3-5-13(9)24-16-15(21)17(23-8-22-16)25-14-4-2-10(18)7-12(14)20/h2-8H,21H2,1H3,(H2,22,23,24,25).